The van der Waals surface area contributed by atoms with Gasteiger partial charge in [-0.15, -0.1) is 6.42 Å². The molecule has 1 N–H and O–H groups in total. The van der Waals surface area contributed by atoms with Gasteiger partial charge < -0.3 is 15.0 Å². The fourth-order valence-electron chi connectivity index (χ4n) is 2.03. The summed E-state index contributed by atoms with van der Waals surface area (Å²) in [5.41, 5.74) is 0. The molecule has 0 aromatic carbocycles. The fourth-order valence-corrected chi connectivity index (χ4v) is 2.03. The number of terminal acetylenes is 1. The van der Waals surface area contributed by atoms with E-state index in [9.17, 15) is 0 Å². The van der Waals surface area contributed by atoms with E-state index >= 15 is 0 Å². The summed E-state index contributed by atoms with van der Waals surface area (Å²) < 4.78 is 5.36. The molecule has 1 heterocycles. The van der Waals surface area contributed by atoms with Crippen molar-refractivity contribution in [1.29, 1.82) is 0 Å². The molecule has 0 amide bonds. The number of ether oxygens (including phenoxy) is 1. The van der Waals surface area contributed by atoms with Crippen LogP contribution in [-0.2, 0) is 4.74 Å². The van der Waals surface area contributed by atoms with Gasteiger partial charge in [-0.3, -0.25) is 4.99 Å². The summed E-state index contributed by atoms with van der Waals surface area (Å²) in [5, 5.41) is 3.12. The van der Waals surface area contributed by atoms with Gasteiger partial charge in [0.1, 0.15) is 0 Å². The zero-order valence-electron chi connectivity index (χ0n) is 10.9. The van der Waals surface area contributed by atoms with E-state index in [1.165, 1.54) is 19.3 Å². The quantitative estimate of drug-likeness (QED) is 0.449. The van der Waals surface area contributed by atoms with Crippen LogP contribution in [0.4, 0.5) is 0 Å². The predicted octanol–water partition coefficient (Wildman–Crippen LogP) is 0.943. The molecule has 17 heavy (non-hydrogen) atoms. The highest BCUT2D eigenvalue weighted by Gasteiger charge is 2.15. The van der Waals surface area contributed by atoms with Crippen LogP contribution in [0.25, 0.3) is 0 Å². The zero-order valence-corrected chi connectivity index (χ0v) is 10.9. The minimum atomic E-state index is 0.522. The van der Waals surface area contributed by atoms with E-state index in [2.05, 4.69) is 21.1 Å². The first-order valence-electron chi connectivity index (χ1n) is 6.21. The first-order chi connectivity index (χ1) is 8.27. The van der Waals surface area contributed by atoms with Crippen LogP contribution < -0.4 is 5.32 Å². The van der Waals surface area contributed by atoms with E-state index in [1.807, 2.05) is 7.05 Å². The third-order valence-corrected chi connectivity index (χ3v) is 3.14. The molecule has 0 radical (unpaired) electrons. The van der Waals surface area contributed by atoms with Gasteiger partial charge in [0, 0.05) is 33.9 Å². The molecule has 1 aliphatic rings. The molecule has 0 bridgehead atoms. The Morgan fingerprint density at radius 3 is 2.82 bits per heavy atom. The molecular formula is C13H23N3O. The molecular weight excluding hydrogens is 214 g/mol. The zero-order chi connectivity index (χ0) is 12.5. The highest BCUT2D eigenvalue weighted by Crippen LogP contribution is 2.18. The van der Waals surface area contributed by atoms with Crippen LogP contribution in [0.3, 0.4) is 0 Å². The molecule has 1 aliphatic heterocycles. The first-order valence-corrected chi connectivity index (χ1v) is 6.21. The summed E-state index contributed by atoms with van der Waals surface area (Å²) >= 11 is 0. The molecule has 0 aliphatic carbocycles. The van der Waals surface area contributed by atoms with Crippen LogP contribution in [-0.4, -0.2) is 51.3 Å². The molecule has 0 saturated carbocycles. The maximum absolute atomic E-state index is 5.36. The Morgan fingerprint density at radius 1 is 1.53 bits per heavy atom. The molecule has 96 valence electrons. The van der Waals surface area contributed by atoms with Crippen LogP contribution in [0.5, 0.6) is 0 Å². The van der Waals surface area contributed by atoms with Crippen LogP contribution >= 0.6 is 0 Å². The normalized spacial score (nSPS) is 17.6. The molecule has 0 unspecified atom stereocenters. The summed E-state index contributed by atoms with van der Waals surface area (Å²) in [6, 6.07) is 0. The summed E-state index contributed by atoms with van der Waals surface area (Å²) in [6.45, 7) is 3.36. The Balaban J connectivity index is 2.26. The van der Waals surface area contributed by atoms with Crippen molar-refractivity contribution in [3.63, 3.8) is 0 Å². The molecule has 0 aromatic rings. The second-order valence-corrected chi connectivity index (χ2v) is 4.37. The lowest BCUT2D eigenvalue weighted by Gasteiger charge is -2.26. The average Bonchev–Trinajstić information content (AvgIpc) is 2.38. The van der Waals surface area contributed by atoms with Crippen LogP contribution in [0.2, 0.25) is 0 Å². The Labute approximate surface area is 104 Å². The molecule has 1 saturated heterocycles. The topological polar surface area (TPSA) is 36.9 Å². The molecule has 1 fully saturated rings. The van der Waals surface area contributed by atoms with Crippen molar-refractivity contribution >= 4 is 5.96 Å². The smallest absolute Gasteiger partial charge is 0.194 e. The summed E-state index contributed by atoms with van der Waals surface area (Å²) in [5.74, 6) is 4.22. The number of nitrogens with one attached hydrogen (secondary N) is 1. The van der Waals surface area contributed by atoms with Gasteiger partial charge in [-0.1, -0.05) is 5.92 Å². The van der Waals surface area contributed by atoms with Crippen molar-refractivity contribution in [2.45, 2.75) is 19.3 Å². The van der Waals surface area contributed by atoms with Gasteiger partial charge in [0.2, 0.25) is 0 Å². The lowest BCUT2D eigenvalue weighted by atomic mass is 9.96. The van der Waals surface area contributed by atoms with Crippen LogP contribution in [0.15, 0.2) is 4.99 Å². The fraction of sp³-hybridized carbons (Fsp3) is 0.769. The van der Waals surface area contributed by atoms with Crippen LogP contribution in [0, 0.1) is 18.3 Å². The van der Waals surface area contributed by atoms with E-state index in [4.69, 9.17) is 11.2 Å². The number of aliphatic imine (C=N–C) groups is 1. The predicted molar refractivity (Wildman–Crippen MR) is 71.0 cm³/mol. The highest BCUT2D eigenvalue weighted by atomic mass is 16.5. The Kier molecular flexibility index (Phi) is 6.49. The molecule has 1 rings (SSSR count). The molecule has 0 atom stereocenters. The number of guanidine groups is 1. The van der Waals surface area contributed by atoms with Gasteiger partial charge in [-0.25, -0.2) is 0 Å². The van der Waals surface area contributed by atoms with Gasteiger partial charge in [-0.2, -0.15) is 0 Å². The standard InChI is InChI=1S/C13H23N3O/c1-4-8-15-13(14-2)16(3)9-5-12-6-10-17-11-7-12/h1,12H,5-11H2,2-3H3,(H,14,15). The third kappa shape index (κ3) is 5.10. The largest absolute Gasteiger partial charge is 0.381 e. The summed E-state index contributed by atoms with van der Waals surface area (Å²) in [4.78, 5) is 6.33. The minimum absolute atomic E-state index is 0.522. The van der Waals surface area contributed by atoms with Crippen molar-refractivity contribution in [2.75, 3.05) is 40.4 Å². The average molecular weight is 237 g/mol. The van der Waals surface area contributed by atoms with Crippen molar-refractivity contribution < 1.29 is 4.74 Å². The van der Waals surface area contributed by atoms with Crippen molar-refractivity contribution in [1.82, 2.24) is 10.2 Å². The monoisotopic (exact) mass is 237 g/mol. The summed E-state index contributed by atoms with van der Waals surface area (Å²) in [7, 11) is 3.83. The Hall–Kier alpha value is -1.21. The highest BCUT2D eigenvalue weighted by molar-refractivity contribution is 5.79. The molecule has 0 spiro atoms. The van der Waals surface area contributed by atoms with Crippen LogP contribution in [0.1, 0.15) is 19.3 Å². The maximum atomic E-state index is 5.36. The van der Waals surface area contributed by atoms with Crippen molar-refractivity contribution in [3.8, 4) is 12.3 Å². The number of rotatable bonds is 4. The van der Waals surface area contributed by atoms with E-state index in [1.54, 1.807) is 7.05 Å². The lowest BCUT2D eigenvalue weighted by Crippen LogP contribution is -2.40. The molecule has 4 nitrogen and oxygen atoms in total. The van der Waals surface area contributed by atoms with Gasteiger partial charge in [0.05, 0.1) is 6.54 Å². The van der Waals surface area contributed by atoms with E-state index < -0.39 is 0 Å². The van der Waals surface area contributed by atoms with Gasteiger partial charge in [-0.05, 0) is 25.2 Å². The number of nitrogens with zero attached hydrogens (tertiary/aromatic N) is 2. The van der Waals surface area contributed by atoms with E-state index in [0.717, 1.165) is 31.6 Å². The minimum Gasteiger partial charge on any atom is -0.381 e. The third-order valence-electron chi connectivity index (χ3n) is 3.14. The SMILES string of the molecule is C#CCNC(=NC)N(C)CCC1CCOCC1. The second kappa shape index (κ2) is 7.97. The van der Waals surface area contributed by atoms with Crippen molar-refractivity contribution in [3.05, 3.63) is 0 Å². The van der Waals surface area contributed by atoms with Gasteiger partial charge >= 0.3 is 0 Å². The molecule has 0 aromatic heterocycles. The number of hydrogen-bond acceptors (Lipinski definition) is 2. The van der Waals surface area contributed by atoms with Crippen molar-refractivity contribution in [2.24, 2.45) is 10.9 Å². The Bertz CT molecular complexity index is 277. The maximum Gasteiger partial charge on any atom is 0.194 e. The summed E-state index contributed by atoms with van der Waals surface area (Å²) in [6.07, 6.45) is 8.78. The first kappa shape index (κ1) is 13.9. The van der Waals surface area contributed by atoms with Gasteiger partial charge in [0.15, 0.2) is 5.96 Å². The second-order valence-electron chi connectivity index (χ2n) is 4.37. The Morgan fingerprint density at radius 2 is 2.24 bits per heavy atom. The molecule has 4 heteroatoms. The lowest BCUT2D eigenvalue weighted by molar-refractivity contribution is 0.0625. The van der Waals surface area contributed by atoms with Gasteiger partial charge in [0.25, 0.3) is 0 Å². The number of hydrogen-bond donors (Lipinski definition) is 1. The van der Waals surface area contributed by atoms with E-state index in [0.29, 0.717) is 6.54 Å². The van der Waals surface area contributed by atoms with E-state index in [-0.39, 0.29) is 0 Å².